The van der Waals surface area contributed by atoms with Crippen LogP contribution >= 0.6 is 11.6 Å². The molecule has 8 nitrogen and oxygen atoms in total. The molecule has 4 heterocycles. The van der Waals surface area contributed by atoms with E-state index in [-0.39, 0.29) is 17.0 Å². The number of nitrogens with zero attached hydrogens (tertiary/aromatic N) is 5. The van der Waals surface area contributed by atoms with E-state index in [0.29, 0.717) is 40.6 Å². The molecule has 2 aromatic heterocycles. The molecule has 0 amide bonds. The molecule has 4 aliphatic rings. The fraction of sp³-hybridized carbons (Fsp3) is 0.600. The van der Waals surface area contributed by atoms with Crippen molar-refractivity contribution in [3.8, 4) is 0 Å². The summed E-state index contributed by atoms with van der Waals surface area (Å²) in [6.07, 6.45) is 8.50. The minimum absolute atomic E-state index is 0.0766. The minimum Gasteiger partial charge on any atom is -0.366 e. The Morgan fingerprint density at radius 2 is 1.97 bits per heavy atom. The normalized spacial score (nSPS) is 25.5. The SMILES string of the molecule is C[C@@H]1CCC2(CCN(c3nc4c(c(=O)n3C)C(c3ccnc(NC5CC5)c3Cl)=NC4)CC2)[C@@H]1N. The van der Waals surface area contributed by atoms with Crippen molar-refractivity contribution in [1.29, 1.82) is 0 Å². The first-order valence-electron chi connectivity index (χ1n) is 12.4. The van der Waals surface area contributed by atoms with Crippen LogP contribution in [-0.2, 0) is 13.6 Å². The summed E-state index contributed by atoms with van der Waals surface area (Å²) in [7, 11) is 1.81. The Balaban J connectivity index is 1.28. The fourth-order valence-corrected chi connectivity index (χ4v) is 6.33. The van der Waals surface area contributed by atoms with E-state index in [1.165, 1.54) is 12.8 Å². The van der Waals surface area contributed by atoms with Gasteiger partial charge in [0.25, 0.3) is 5.56 Å². The third-order valence-corrected chi connectivity index (χ3v) is 8.87. The number of nitrogens with two attached hydrogens (primary N) is 1. The van der Waals surface area contributed by atoms with Gasteiger partial charge in [0, 0.05) is 44.0 Å². The van der Waals surface area contributed by atoms with E-state index >= 15 is 0 Å². The van der Waals surface area contributed by atoms with E-state index in [4.69, 9.17) is 27.3 Å². The van der Waals surface area contributed by atoms with E-state index in [1.807, 2.05) is 13.1 Å². The van der Waals surface area contributed by atoms with E-state index in [1.54, 1.807) is 10.8 Å². The zero-order chi connectivity index (χ0) is 23.6. The van der Waals surface area contributed by atoms with Crippen LogP contribution in [0.4, 0.5) is 11.8 Å². The van der Waals surface area contributed by atoms with E-state index in [2.05, 4.69) is 22.1 Å². The summed E-state index contributed by atoms with van der Waals surface area (Å²) in [6, 6.07) is 2.53. The molecule has 6 rings (SSSR count). The standard InChI is InChI=1S/C25H32ClN7O/c1-14-5-7-25(21(14)27)8-11-33(12-9-25)24-31-17-13-29-20(18(17)23(34)32(24)2)16-6-10-28-22(19(16)26)30-15-3-4-15/h6,10,14-15,21H,3-5,7-9,11-13,27H2,1-2H3,(H,28,30)/t14-,21-/m1/s1. The molecule has 0 radical (unpaired) electrons. The number of nitrogens with one attached hydrogen (secondary N) is 1. The average molecular weight is 482 g/mol. The number of halogens is 1. The van der Waals surface area contributed by atoms with Crippen LogP contribution in [0, 0.1) is 11.3 Å². The number of hydrogen-bond donors (Lipinski definition) is 2. The van der Waals surface area contributed by atoms with Crippen molar-refractivity contribution < 1.29 is 0 Å². The molecule has 2 aliphatic heterocycles. The summed E-state index contributed by atoms with van der Waals surface area (Å²) in [5.74, 6) is 1.97. The maximum atomic E-state index is 13.6. The van der Waals surface area contributed by atoms with Gasteiger partial charge in [-0.1, -0.05) is 18.5 Å². The van der Waals surface area contributed by atoms with Gasteiger partial charge >= 0.3 is 0 Å². The molecule has 3 fully saturated rings. The van der Waals surface area contributed by atoms with Gasteiger partial charge in [0.15, 0.2) is 0 Å². The highest BCUT2D eigenvalue weighted by molar-refractivity contribution is 6.37. The lowest BCUT2D eigenvalue weighted by atomic mass is 9.73. The van der Waals surface area contributed by atoms with Gasteiger partial charge in [-0.15, -0.1) is 0 Å². The van der Waals surface area contributed by atoms with Gasteiger partial charge in [-0.25, -0.2) is 9.97 Å². The predicted octanol–water partition coefficient (Wildman–Crippen LogP) is 3.10. The molecule has 2 atom stereocenters. The Labute approximate surface area is 204 Å². The first-order chi connectivity index (χ1) is 16.4. The molecule has 34 heavy (non-hydrogen) atoms. The molecule has 2 aromatic rings. The summed E-state index contributed by atoms with van der Waals surface area (Å²) >= 11 is 6.70. The molecule has 1 spiro atoms. The Hall–Kier alpha value is -2.45. The highest BCUT2D eigenvalue weighted by Gasteiger charge is 2.46. The zero-order valence-electron chi connectivity index (χ0n) is 19.9. The molecule has 2 saturated carbocycles. The molecule has 3 N–H and O–H groups in total. The van der Waals surface area contributed by atoms with Crippen molar-refractivity contribution in [2.45, 2.75) is 64.1 Å². The fourth-order valence-electron chi connectivity index (χ4n) is 6.07. The van der Waals surface area contributed by atoms with Crippen LogP contribution in [-0.4, -0.2) is 45.4 Å². The summed E-state index contributed by atoms with van der Waals surface area (Å²) in [5, 5.41) is 3.87. The summed E-state index contributed by atoms with van der Waals surface area (Å²) < 4.78 is 1.67. The predicted molar refractivity (Wildman–Crippen MR) is 135 cm³/mol. The molecule has 0 bridgehead atoms. The highest BCUT2D eigenvalue weighted by Crippen LogP contribution is 2.48. The van der Waals surface area contributed by atoms with Crippen LogP contribution in [0.25, 0.3) is 0 Å². The van der Waals surface area contributed by atoms with Crippen molar-refractivity contribution in [2.75, 3.05) is 23.3 Å². The maximum Gasteiger partial charge on any atom is 0.264 e. The van der Waals surface area contributed by atoms with Crippen LogP contribution < -0.4 is 21.5 Å². The lowest BCUT2D eigenvalue weighted by Crippen LogP contribution is -2.49. The third-order valence-electron chi connectivity index (χ3n) is 8.49. The second kappa shape index (κ2) is 8.05. The lowest BCUT2D eigenvalue weighted by Gasteiger charge is -2.43. The van der Waals surface area contributed by atoms with E-state index < -0.39 is 0 Å². The van der Waals surface area contributed by atoms with Gasteiger partial charge in [0.05, 0.1) is 28.5 Å². The number of hydrogen-bond acceptors (Lipinski definition) is 7. The summed E-state index contributed by atoms with van der Waals surface area (Å²) in [6.45, 7) is 4.41. The molecule has 2 aliphatic carbocycles. The van der Waals surface area contributed by atoms with Crippen molar-refractivity contribution in [3.05, 3.63) is 44.5 Å². The Kier molecular flexibility index (Phi) is 5.22. The number of rotatable bonds is 4. The van der Waals surface area contributed by atoms with E-state index in [9.17, 15) is 4.79 Å². The van der Waals surface area contributed by atoms with Crippen LogP contribution in [0.5, 0.6) is 0 Å². The van der Waals surface area contributed by atoms with Crippen molar-refractivity contribution in [2.24, 2.45) is 29.1 Å². The second-order valence-corrected chi connectivity index (χ2v) is 11.0. The topological polar surface area (TPSA) is 101 Å². The minimum atomic E-state index is -0.0766. The Morgan fingerprint density at radius 1 is 1.21 bits per heavy atom. The van der Waals surface area contributed by atoms with Crippen LogP contribution in [0.3, 0.4) is 0 Å². The molecule has 180 valence electrons. The largest absolute Gasteiger partial charge is 0.366 e. The monoisotopic (exact) mass is 481 g/mol. The first-order valence-corrected chi connectivity index (χ1v) is 12.8. The quantitative estimate of drug-likeness (QED) is 0.695. The van der Waals surface area contributed by atoms with Crippen LogP contribution in [0.2, 0.25) is 5.02 Å². The second-order valence-electron chi connectivity index (χ2n) is 10.6. The third kappa shape index (κ3) is 3.45. The van der Waals surface area contributed by atoms with E-state index in [0.717, 1.165) is 56.0 Å². The van der Waals surface area contributed by atoms with Crippen molar-refractivity contribution in [3.63, 3.8) is 0 Å². The maximum absolute atomic E-state index is 13.6. The highest BCUT2D eigenvalue weighted by atomic mass is 35.5. The molecule has 0 unspecified atom stereocenters. The number of aliphatic imine (C=N–C) groups is 1. The van der Waals surface area contributed by atoms with Gasteiger partial charge in [-0.2, -0.15) is 0 Å². The average Bonchev–Trinajstić information content (AvgIpc) is 3.50. The smallest absolute Gasteiger partial charge is 0.264 e. The van der Waals surface area contributed by atoms with Crippen LogP contribution in [0.1, 0.15) is 62.3 Å². The molecule has 1 saturated heterocycles. The zero-order valence-corrected chi connectivity index (χ0v) is 20.6. The van der Waals surface area contributed by atoms with Gasteiger partial charge in [-0.3, -0.25) is 14.4 Å². The summed E-state index contributed by atoms with van der Waals surface area (Å²) in [4.78, 5) is 29.8. The van der Waals surface area contributed by atoms with Gasteiger partial charge in [0.1, 0.15) is 5.82 Å². The van der Waals surface area contributed by atoms with Crippen LogP contribution in [0.15, 0.2) is 22.1 Å². The van der Waals surface area contributed by atoms with Crippen molar-refractivity contribution in [1.82, 2.24) is 14.5 Å². The number of fused-ring (bicyclic) bond motifs is 1. The van der Waals surface area contributed by atoms with Crippen molar-refractivity contribution >= 4 is 29.1 Å². The van der Waals surface area contributed by atoms with Gasteiger partial charge in [0.2, 0.25) is 5.95 Å². The number of aromatic nitrogens is 3. The number of piperidine rings is 1. The van der Waals surface area contributed by atoms with Gasteiger partial charge in [-0.05, 0) is 55.9 Å². The number of pyridine rings is 1. The Morgan fingerprint density at radius 3 is 2.65 bits per heavy atom. The lowest BCUT2D eigenvalue weighted by molar-refractivity contribution is 0.185. The molecular formula is C25H32ClN7O. The summed E-state index contributed by atoms with van der Waals surface area (Å²) in [5.41, 5.74) is 9.39. The van der Waals surface area contributed by atoms with Gasteiger partial charge < -0.3 is 16.0 Å². The number of anilines is 2. The Bertz CT molecular complexity index is 1230. The molecular weight excluding hydrogens is 450 g/mol. The molecule has 0 aromatic carbocycles. The first kappa shape index (κ1) is 22.0. The molecule has 9 heteroatoms.